The first-order chi connectivity index (χ1) is 9.54. The van der Waals surface area contributed by atoms with Gasteiger partial charge in [-0.3, -0.25) is 4.79 Å². The number of benzene rings is 1. The third-order valence-corrected chi connectivity index (χ3v) is 3.83. The van der Waals surface area contributed by atoms with E-state index in [-0.39, 0.29) is 12.0 Å². The molecule has 0 bridgehead atoms. The lowest BCUT2D eigenvalue weighted by Gasteiger charge is -2.29. The molecule has 0 saturated carbocycles. The van der Waals surface area contributed by atoms with Crippen molar-refractivity contribution in [2.24, 2.45) is 5.92 Å². The van der Waals surface area contributed by atoms with Gasteiger partial charge in [-0.15, -0.1) is 0 Å². The lowest BCUT2D eigenvalue weighted by atomic mass is 10.0. The van der Waals surface area contributed by atoms with Crippen LogP contribution in [0.2, 0.25) is 0 Å². The normalized spacial score (nSPS) is 18.7. The standard InChI is InChI=1S/C16H23NO3/c1-12(16(18)19)10-13-4-3-5-15(11-13)20-14-6-8-17(2)9-7-14/h3-5,11-12,14H,6-10H2,1-2H3,(H,18,19). The summed E-state index contributed by atoms with van der Waals surface area (Å²) in [4.78, 5) is 13.2. The first-order valence-electron chi connectivity index (χ1n) is 7.21. The zero-order chi connectivity index (χ0) is 14.5. The van der Waals surface area contributed by atoms with Crippen LogP contribution in [0.15, 0.2) is 24.3 Å². The average molecular weight is 277 g/mol. The minimum absolute atomic E-state index is 0.276. The van der Waals surface area contributed by atoms with Gasteiger partial charge in [0, 0.05) is 13.1 Å². The first kappa shape index (κ1) is 14.9. The van der Waals surface area contributed by atoms with E-state index in [1.165, 1.54) is 0 Å². The van der Waals surface area contributed by atoms with E-state index in [4.69, 9.17) is 9.84 Å². The molecule has 1 saturated heterocycles. The molecule has 1 aromatic carbocycles. The lowest BCUT2D eigenvalue weighted by molar-refractivity contribution is -0.141. The molecule has 1 N–H and O–H groups in total. The maximum absolute atomic E-state index is 10.9. The molecule has 1 atom stereocenters. The monoisotopic (exact) mass is 277 g/mol. The van der Waals surface area contributed by atoms with Crippen LogP contribution in [-0.4, -0.2) is 42.2 Å². The van der Waals surface area contributed by atoms with Gasteiger partial charge in [0.25, 0.3) is 0 Å². The second-order valence-corrected chi connectivity index (χ2v) is 5.71. The molecule has 4 heteroatoms. The third-order valence-electron chi connectivity index (χ3n) is 3.83. The van der Waals surface area contributed by atoms with Crippen molar-refractivity contribution in [3.8, 4) is 5.75 Å². The van der Waals surface area contributed by atoms with E-state index in [1.807, 2.05) is 24.3 Å². The highest BCUT2D eigenvalue weighted by Crippen LogP contribution is 2.21. The second kappa shape index (κ2) is 6.75. The van der Waals surface area contributed by atoms with E-state index in [2.05, 4.69) is 11.9 Å². The maximum atomic E-state index is 10.9. The zero-order valence-corrected chi connectivity index (χ0v) is 12.2. The lowest BCUT2D eigenvalue weighted by Crippen LogP contribution is -2.35. The Hall–Kier alpha value is -1.55. The van der Waals surface area contributed by atoms with Crippen LogP contribution >= 0.6 is 0 Å². The number of hydrogen-bond acceptors (Lipinski definition) is 3. The van der Waals surface area contributed by atoms with E-state index in [9.17, 15) is 4.79 Å². The van der Waals surface area contributed by atoms with Gasteiger partial charge in [0.05, 0.1) is 5.92 Å². The van der Waals surface area contributed by atoms with Crippen molar-refractivity contribution in [1.82, 2.24) is 4.90 Å². The quantitative estimate of drug-likeness (QED) is 0.898. The molecule has 110 valence electrons. The Bertz CT molecular complexity index is 453. The van der Waals surface area contributed by atoms with Crippen LogP contribution in [0, 0.1) is 5.92 Å². The van der Waals surface area contributed by atoms with Gasteiger partial charge >= 0.3 is 5.97 Å². The number of aliphatic carboxylic acids is 1. The van der Waals surface area contributed by atoms with Crippen LogP contribution in [0.3, 0.4) is 0 Å². The fourth-order valence-corrected chi connectivity index (χ4v) is 2.48. The molecule has 0 spiro atoms. The van der Waals surface area contributed by atoms with Crippen molar-refractivity contribution in [1.29, 1.82) is 0 Å². The van der Waals surface area contributed by atoms with Gasteiger partial charge in [-0.05, 0) is 44.0 Å². The molecule has 0 amide bonds. The van der Waals surface area contributed by atoms with Gasteiger partial charge in [0.1, 0.15) is 11.9 Å². The Kier molecular flexibility index (Phi) is 5.01. The second-order valence-electron chi connectivity index (χ2n) is 5.71. The fraction of sp³-hybridized carbons (Fsp3) is 0.562. The summed E-state index contributed by atoms with van der Waals surface area (Å²) in [5.74, 6) is -0.269. The predicted octanol–water partition coefficient (Wildman–Crippen LogP) is 2.42. The highest BCUT2D eigenvalue weighted by atomic mass is 16.5. The van der Waals surface area contributed by atoms with Gasteiger partial charge < -0.3 is 14.7 Å². The van der Waals surface area contributed by atoms with Gasteiger partial charge in [0.15, 0.2) is 0 Å². The molecule has 1 fully saturated rings. The summed E-state index contributed by atoms with van der Waals surface area (Å²) in [6, 6.07) is 7.82. The third kappa shape index (κ3) is 4.23. The molecule has 0 radical (unpaired) electrons. The Labute approximate surface area is 120 Å². The summed E-state index contributed by atoms with van der Waals surface area (Å²) < 4.78 is 6.01. The minimum Gasteiger partial charge on any atom is -0.490 e. The summed E-state index contributed by atoms with van der Waals surface area (Å²) in [6.45, 7) is 3.87. The van der Waals surface area contributed by atoms with Crippen molar-refractivity contribution in [3.05, 3.63) is 29.8 Å². The van der Waals surface area contributed by atoms with Gasteiger partial charge in [-0.2, -0.15) is 0 Å². The van der Waals surface area contributed by atoms with Crippen molar-refractivity contribution >= 4 is 5.97 Å². The number of likely N-dealkylation sites (tertiary alicyclic amines) is 1. The van der Waals surface area contributed by atoms with Gasteiger partial charge in [-0.25, -0.2) is 0 Å². The predicted molar refractivity (Wildman–Crippen MR) is 78.1 cm³/mol. The summed E-state index contributed by atoms with van der Waals surface area (Å²) >= 11 is 0. The van der Waals surface area contributed by atoms with Crippen molar-refractivity contribution in [2.75, 3.05) is 20.1 Å². The number of carboxylic acid groups (broad SMARTS) is 1. The number of hydrogen-bond donors (Lipinski definition) is 1. The van der Waals surface area contributed by atoms with Crippen molar-refractivity contribution in [3.63, 3.8) is 0 Å². The van der Waals surface area contributed by atoms with E-state index in [0.717, 1.165) is 37.2 Å². The summed E-state index contributed by atoms with van der Waals surface area (Å²) in [7, 11) is 2.13. The van der Waals surface area contributed by atoms with Crippen LogP contribution in [-0.2, 0) is 11.2 Å². The molecule has 0 aliphatic carbocycles. The van der Waals surface area contributed by atoms with Crippen LogP contribution in [0.1, 0.15) is 25.3 Å². The number of ether oxygens (including phenoxy) is 1. The molecular formula is C16H23NO3. The van der Waals surface area contributed by atoms with E-state index in [0.29, 0.717) is 6.42 Å². The molecule has 1 aliphatic heterocycles. The fourth-order valence-electron chi connectivity index (χ4n) is 2.48. The molecule has 4 nitrogen and oxygen atoms in total. The number of piperidine rings is 1. The Morgan fingerprint density at radius 1 is 1.45 bits per heavy atom. The Balaban J connectivity index is 1.94. The van der Waals surface area contributed by atoms with Crippen LogP contribution in [0.4, 0.5) is 0 Å². The molecule has 2 rings (SSSR count). The summed E-state index contributed by atoms with van der Waals surface area (Å²) in [5, 5.41) is 8.96. The zero-order valence-electron chi connectivity index (χ0n) is 12.2. The number of rotatable bonds is 5. The Morgan fingerprint density at radius 2 is 2.15 bits per heavy atom. The van der Waals surface area contributed by atoms with Crippen LogP contribution < -0.4 is 4.74 Å². The molecule has 1 aliphatic rings. The van der Waals surface area contributed by atoms with Crippen LogP contribution in [0.25, 0.3) is 0 Å². The summed E-state index contributed by atoms with van der Waals surface area (Å²) in [6.07, 6.45) is 2.91. The maximum Gasteiger partial charge on any atom is 0.306 e. The Morgan fingerprint density at radius 3 is 2.80 bits per heavy atom. The van der Waals surface area contributed by atoms with Crippen molar-refractivity contribution < 1.29 is 14.6 Å². The molecular weight excluding hydrogens is 254 g/mol. The van der Waals surface area contributed by atoms with Crippen molar-refractivity contribution in [2.45, 2.75) is 32.3 Å². The smallest absolute Gasteiger partial charge is 0.306 e. The average Bonchev–Trinajstić information content (AvgIpc) is 2.42. The SMILES string of the molecule is CC(Cc1cccc(OC2CCN(C)CC2)c1)C(=O)O. The molecule has 0 aromatic heterocycles. The number of nitrogens with zero attached hydrogens (tertiary/aromatic N) is 1. The van der Waals surface area contributed by atoms with Gasteiger partial charge in [-0.1, -0.05) is 19.1 Å². The van der Waals surface area contributed by atoms with E-state index >= 15 is 0 Å². The minimum atomic E-state index is -0.758. The highest BCUT2D eigenvalue weighted by Gasteiger charge is 2.18. The topological polar surface area (TPSA) is 49.8 Å². The van der Waals surface area contributed by atoms with E-state index < -0.39 is 5.97 Å². The van der Waals surface area contributed by atoms with E-state index in [1.54, 1.807) is 6.92 Å². The first-order valence-corrected chi connectivity index (χ1v) is 7.21. The number of carboxylic acids is 1. The molecule has 20 heavy (non-hydrogen) atoms. The van der Waals surface area contributed by atoms with Gasteiger partial charge in [0.2, 0.25) is 0 Å². The summed E-state index contributed by atoms with van der Waals surface area (Å²) in [5.41, 5.74) is 1.02. The highest BCUT2D eigenvalue weighted by molar-refractivity contribution is 5.69. The number of carbonyl (C=O) groups is 1. The van der Waals surface area contributed by atoms with Crippen LogP contribution in [0.5, 0.6) is 5.75 Å². The molecule has 1 aromatic rings. The largest absolute Gasteiger partial charge is 0.490 e. The molecule has 1 heterocycles. The molecule has 1 unspecified atom stereocenters.